The maximum Gasteiger partial charge on any atom is 0.153 e. The van der Waals surface area contributed by atoms with Crippen molar-refractivity contribution in [2.24, 2.45) is 0 Å². The van der Waals surface area contributed by atoms with Gasteiger partial charge in [-0.25, -0.2) is 0 Å². The normalized spacial score (nSPS) is 10.9. The maximum atomic E-state index is 9.26. The molecule has 1 aromatic heterocycles. The Kier molecular flexibility index (Phi) is 2.41. The number of nitrogens with zero attached hydrogens (tertiary/aromatic N) is 2. The standard InChI is InChI=1S/C14H13N3O/c15-14-12-3-1-2-4-13(12)17(16-14)9-10-5-7-11(18)8-6-10/h1-8,18H,9H2,(H2,15,16). The lowest BCUT2D eigenvalue weighted by Gasteiger charge is -2.03. The fraction of sp³-hybridized carbons (Fsp3) is 0.0714. The Balaban J connectivity index is 2.02. The number of fused-ring (bicyclic) bond motifs is 1. The highest BCUT2D eigenvalue weighted by Gasteiger charge is 2.07. The number of nitrogens with two attached hydrogens (primary N) is 1. The third kappa shape index (κ3) is 1.78. The molecule has 1 heterocycles. The molecule has 0 radical (unpaired) electrons. The van der Waals surface area contributed by atoms with Gasteiger partial charge in [0.2, 0.25) is 0 Å². The van der Waals surface area contributed by atoms with E-state index in [-0.39, 0.29) is 5.75 Å². The molecule has 18 heavy (non-hydrogen) atoms. The molecular formula is C14H13N3O. The topological polar surface area (TPSA) is 64.1 Å². The van der Waals surface area contributed by atoms with Gasteiger partial charge in [0.15, 0.2) is 5.82 Å². The van der Waals surface area contributed by atoms with E-state index >= 15 is 0 Å². The van der Waals surface area contributed by atoms with E-state index in [1.165, 1.54) is 0 Å². The molecule has 0 aliphatic carbocycles. The first-order valence-electron chi connectivity index (χ1n) is 5.73. The predicted octanol–water partition coefficient (Wildman–Crippen LogP) is 2.37. The summed E-state index contributed by atoms with van der Waals surface area (Å²) in [5.41, 5.74) is 7.97. The lowest BCUT2D eigenvalue weighted by molar-refractivity contribution is 0.475. The summed E-state index contributed by atoms with van der Waals surface area (Å²) in [6.45, 7) is 0.637. The van der Waals surface area contributed by atoms with E-state index < -0.39 is 0 Å². The molecular weight excluding hydrogens is 226 g/mol. The highest BCUT2D eigenvalue weighted by atomic mass is 16.3. The summed E-state index contributed by atoms with van der Waals surface area (Å²) < 4.78 is 1.87. The summed E-state index contributed by atoms with van der Waals surface area (Å²) in [7, 11) is 0. The van der Waals surface area contributed by atoms with Crippen molar-refractivity contribution in [1.29, 1.82) is 0 Å². The van der Waals surface area contributed by atoms with Gasteiger partial charge in [-0.3, -0.25) is 4.68 Å². The van der Waals surface area contributed by atoms with Crippen molar-refractivity contribution >= 4 is 16.7 Å². The van der Waals surface area contributed by atoms with Gasteiger partial charge in [-0.2, -0.15) is 5.10 Å². The van der Waals surface area contributed by atoms with E-state index in [9.17, 15) is 5.11 Å². The van der Waals surface area contributed by atoms with E-state index in [4.69, 9.17) is 5.73 Å². The predicted molar refractivity (Wildman–Crippen MR) is 71.4 cm³/mol. The smallest absolute Gasteiger partial charge is 0.153 e. The van der Waals surface area contributed by atoms with E-state index in [0.29, 0.717) is 12.4 Å². The molecule has 3 rings (SSSR count). The Morgan fingerprint density at radius 2 is 1.78 bits per heavy atom. The molecule has 4 heteroatoms. The molecule has 3 N–H and O–H groups in total. The Bertz CT molecular complexity index is 686. The van der Waals surface area contributed by atoms with Crippen LogP contribution in [-0.4, -0.2) is 14.9 Å². The van der Waals surface area contributed by atoms with Crippen LogP contribution < -0.4 is 5.73 Å². The minimum atomic E-state index is 0.267. The van der Waals surface area contributed by atoms with Crippen molar-refractivity contribution in [3.8, 4) is 5.75 Å². The second-order valence-corrected chi connectivity index (χ2v) is 4.23. The highest BCUT2D eigenvalue weighted by Crippen LogP contribution is 2.21. The van der Waals surface area contributed by atoms with Gasteiger partial charge in [0.25, 0.3) is 0 Å². The fourth-order valence-electron chi connectivity index (χ4n) is 2.05. The van der Waals surface area contributed by atoms with Crippen LogP contribution in [0.4, 0.5) is 5.82 Å². The number of aromatic hydroxyl groups is 1. The number of benzene rings is 2. The molecule has 0 amide bonds. The van der Waals surface area contributed by atoms with Crippen molar-refractivity contribution in [3.63, 3.8) is 0 Å². The van der Waals surface area contributed by atoms with Gasteiger partial charge < -0.3 is 10.8 Å². The van der Waals surface area contributed by atoms with Gasteiger partial charge in [0.1, 0.15) is 5.75 Å². The lowest BCUT2D eigenvalue weighted by Crippen LogP contribution is -2.01. The number of phenolic OH excluding ortho intramolecular Hbond substituents is 1. The summed E-state index contributed by atoms with van der Waals surface area (Å²) in [5, 5.41) is 14.6. The molecule has 0 spiro atoms. The SMILES string of the molecule is Nc1nn(Cc2ccc(O)cc2)c2ccccc12. The highest BCUT2D eigenvalue weighted by molar-refractivity contribution is 5.89. The Morgan fingerprint density at radius 3 is 2.56 bits per heavy atom. The number of hydrogen-bond donors (Lipinski definition) is 2. The molecule has 0 aliphatic heterocycles. The number of phenols is 1. The van der Waals surface area contributed by atoms with Crippen LogP contribution in [-0.2, 0) is 6.54 Å². The van der Waals surface area contributed by atoms with Crippen LogP contribution in [0.3, 0.4) is 0 Å². The second-order valence-electron chi connectivity index (χ2n) is 4.23. The molecule has 0 atom stereocenters. The Morgan fingerprint density at radius 1 is 1.06 bits per heavy atom. The molecule has 90 valence electrons. The van der Waals surface area contributed by atoms with Gasteiger partial charge in [0.05, 0.1) is 12.1 Å². The molecule has 0 aliphatic rings. The van der Waals surface area contributed by atoms with Crippen LogP contribution >= 0.6 is 0 Å². The first kappa shape index (κ1) is 10.7. The van der Waals surface area contributed by atoms with Gasteiger partial charge in [0, 0.05) is 5.39 Å². The van der Waals surface area contributed by atoms with Crippen LogP contribution in [0, 0.1) is 0 Å². The van der Waals surface area contributed by atoms with Gasteiger partial charge >= 0.3 is 0 Å². The van der Waals surface area contributed by atoms with Crippen LogP contribution in [0.2, 0.25) is 0 Å². The summed E-state index contributed by atoms with van der Waals surface area (Å²) in [5.74, 6) is 0.813. The fourth-order valence-corrected chi connectivity index (χ4v) is 2.05. The van der Waals surface area contributed by atoms with E-state index in [1.807, 2.05) is 41.1 Å². The first-order chi connectivity index (χ1) is 8.74. The van der Waals surface area contributed by atoms with E-state index in [0.717, 1.165) is 16.5 Å². The molecule has 3 aromatic rings. The minimum absolute atomic E-state index is 0.267. The van der Waals surface area contributed by atoms with Gasteiger partial charge in [-0.1, -0.05) is 24.3 Å². The Hall–Kier alpha value is -2.49. The summed E-state index contributed by atoms with van der Waals surface area (Å²) in [4.78, 5) is 0. The zero-order valence-electron chi connectivity index (χ0n) is 9.74. The number of hydrogen-bond acceptors (Lipinski definition) is 3. The maximum absolute atomic E-state index is 9.26. The van der Waals surface area contributed by atoms with Crippen LogP contribution in [0.1, 0.15) is 5.56 Å². The number of aromatic nitrogens is 2. The summed E-state index contributed by atoms with van der Waals surface area (Å²) >= 11 is 0. The first-order valence-corrected chi connectivity index (χ1v) is 5.73. The monoisotopic (exact) mass is 239 g/mol. The average molecular weight is 239 g/mol. The zero-order chi connectivity index (χ0) is 12.5. The zero-order valence-corrected chi connectivity index (χ0v) is 9.74. The van der Waals surface area contributed by atoms with Crippen molar-refractivity contribution in [1.82, 2.24) is 9.78 Å². The molecule has 4 nitrogen and oxygen atoms in total. The van der Waals surface area contributed by atoms with Crippen LogP contribution in [0.5, 0.6) is 5.75 Å². The molecule has 0 saturated heterocycles. The largest absolute Gasteiger partial charge is 0.508 e. The molecule has 0 unspecified atom stereocenters. The van der Waals surface area contributed by atoms with Crippen molar-refractivity contribution in [2.45, 2.75) is 6.54 Å². The lowest BCUT2D eigenvalue weighted by atomic mass is 10.2. The second kappa shape index (κ2) is 4.07. The Labute approximate surface area is 104 Å². The van der Waals surface area contributed by atoms with Crippen molar-refractivity contribution in [2.75, 3.05) is 5.73 Å². The summed E-state index contributed by atoms with van der Waals surface area (Å²) in [6, 6.07) is 15.0. The number of para-hydroxylation sites is 1. The average Bonchev–Trinajstić information content (AvgIpc) is 2.70. The summed E-state index contributed by atoms with van der Waals surface area (Å²) in [6.07, 6.45) is 0. The number of nitrogen functional groups attached to an aromatic ring is 1. The molecule has 2 aromatic carbocycles. The number of rotatable bonds is 2. The van der Waals surface area contributed by atoms with Crippen LogP contribution in [0.15, 0.2) is 48.5 Å². The molecule has 0 bridgehead atoms. The van der Waals surface area contributed by atoms with Crippen LogP contribution in [0.25, 0.3) is 10.9 Å². The van der Waals surface area contributed by atoms with Gasteiger partial charge in [-0.15, -0.1) is 0 Å². The minimum Gasteiger partial charge on any atom is -0.508 e. The van der Waals surface area contributed by atoms with Crippen molar-refractivity contribution in [3.05, 3.63) is 54.1 Å². The third-order valence-electron chi connectivity index (χ3n) is 2.96. The molecule has 0 saturated carbocycles. The third-order valence-corrected chi connectivity index (χ3v) is 2.96. The van der Waals surface area contributed by atoms with E-state index in [2.05, 4.69) is 5.10 Å². The van der Waals surface area contributed by atoms with Crippen molar-refractivity contribution < 1.29 is 5.11 Å². The van der Waals surface area contributed by atoms with E-state index in [1.54, 1.807) is 12.1 Å². The molecule has 0 fully saturated rings. The number of anilines is 1. The van der Waals surface area contributed by atoms with Gasteiger partial charge in [-0.05, 0) is 29.8 Å². The quantitative estimate of drug-likeness (QED) is 0.721.